The Labute approximate surface area is 79.0 Å². The first-order valence-electron chi connectivity index (χ1n) is 4.54. The Balaban J connectivity index is 2.46. The summed E-state index contributed by atoms with van der Waals surface area (Å²) in [6, 6.07) is 9.94. The summed E-state index contributed by atoms with van der Waals surface area (Å²) < 4.78 is 0. The Bertz CT molecular complexity index is 226. The van der Waals surface area contributed by atoms with E-state index in [1.54, 1.807) is 0 Å². The molecule has 0 atom stereocenters. The Kier molecular flexibility index (Phi) is 4.29. The Morgan fingerprint density at radius 3 is 2.54 bits per heavy atom. The molecule has 0 heterocycles. The van der Waals surface area contributed by atoms with Crippen LogP contribution in [-0.2, 0) is 0 Å². The van der Waals surface area contributed by atoms with Gasteiger partial charge in [-0.05, 0) is 12.1 Å². The predicted molar refractivity (Wildman–Crippen MR) is 54.4 cm³/mol. The lowest BCUT2D eigenvalue weighted by Gasteiger charge is -2.21. The van der Waals surface area contributed by atoms with Crippen molar-refractivity contribution in [1.82, 2.24) is 5.01 Å². The standard InChI is InChI=1S/C10H16N2O/c1-2-12(8-9-13)11-10-6-4-3-5-7-10/h3-7,11,13H,2,8-9H2,1H3. The smallest absolute Gasteiger partial charge is 0.0576 e. The summed E-state index contributed by atoms with van der Waals surface area (Å²) >= 11 is 0. The summed E-state index contributed by atoms with van der Waals surface area (Å²) in [5.41, 5.74) is 4.26. The van der Waals surface area contributed by atoms with Gasteiger partial charge in [0.2, 0.25) is 0 Å². The average Bonchev–Trinajstić information content (AvgIpc) is 2.19. The van der Waals surface area contributed by atoms with Gasteiger partial charge in [-0.3, -0.25) is 0 Å². The van der Waals surface area contributed by atoms with Gasteiger partial charge in [0.05, 0.1) is 6.61 Å². The second-order valence-corrected chi connectivity index (χ2v) is 2.78. The molecule has 0 aliphatic carbocycles. The lowest BCUT2D eigenvalue weighted by molar-refractivity contribution is 0.225. The number of para-hydroxylation sites is 1. The van der Waals surface area contributed by atoms with Crippen molar-refractivity contribution in [2.24, 2.45) is 0 Å². The molecule has 0 fully saturated rings. The molecular weight excluding hydrogens is 164 g/mol. The number of nitrogens with one attached hydrogen (secondary N) is 1. The summed E-state index contributed by atoms with van der Waals surface area (Å²) in [6.45, 7) is 3.74. The monoisotopic (exact) mass is 180 g/mol. The molecule has 1 aromatic carbocycles. The van der Waals surface area contributed by atoms with Crippen LogP contribution in [0, 0.1) is 0 Å². The largest absolute Gasteiger partial charge is 0.395 e. The zero-order valence-electron chi connectivity index (χ0n) is 7.90. The third-order valence-corrected chi connectivity index (χ3v) is 1.81. The predicted octanol–water partition coefficient (Wildman–Crippen LogP) is 1.33. The van der Waals surface area contributed by atoms with Gasteiger partial charge < -0.3 is 10.5 Å². The van der Waals surface area contributed by atoms with Crippen LogP contribution in [0.15, 0.2) is 30.3 Å². The lowest BCUT2D eigenvalue weighted by Crippen LogP contribution is -2.32. The summed E-state index contributed by atoms with van der Waals surface area (Å²) in [7, 11) is 0. The van der Waals surface area contributed by atoms with E-state index in [9.17, 15) is 0 Å². The van der Waals surface area contributed by atoms with Crippen molar-refractivity contribution in [3.8, 4) is 0 Å². The van der Waals surface area contributed by atoms with Crippen LogP contribution >= 0.6 is 0 Å². The topological polar surface area (TPSA) is 35.5 Å². The van der Waals surface area contributed by atoms with E-state index in [4.69, 9.17) is 5.11 Å². The number of benzene rings is 1. The molecule has 0 aromatic heterocycles. The van der Waals surface area contributed by atoms with Crippen LogP contribution in [0.3, 0.4) is 0 Å². The van der Waals surface area contributed by atoms with Crippen molar-refractivity contribution >= 4 is 5.69 Å². The Morgan fingerprint density at radius 1 is 1.31 bits per heavy atom. The van der Waals surface area contributed by atoms with Gasteiger partial charge in [-0.1, -0.05) is 25.1 Å². The van der Waals surface area contributed by atoms with Gasteiger partial charge in [0.25, 0.3) is 0 Å². The number of likely N-dealkylation sites (N-methyl/N-ethyl adjacent to an activating group) is 1. The maximum atomic E-state index is 8.76. The number of rotatable bonds is 5. The quantitative estimate of drug-likeness (QED) is 0.671. The van der Waals surface area contributed by atoms with Crippen LogP contribution in [-0.4, -0.2) is 29.8 Å². The maximum Gasteiger partial charge on any atom is 0.0576 e. The first-order chi connectivity index (χ1) is 6.36. The molecule has 0 saturated carbocycles. The van der Waals surface area contributed by atoms with Gasteiger partial charge >= 0.3 is 0 Å². The van der Waals surface area contributed by atoms with E-state index < -0.39 is 0 Å². The van der Waals surface area contributed by atoms with Crippen molar-refractivity contribution in [3.05, 3.63) is 30.3 Å². The molecule has 0 radical (unpaired) electrons. The SMILES string of the molecule is CCN(CCO)Nc1ccccc1. The Hall–Kier alpha value is -1.06. The number of aliphatic hydroxyl groups is 1. The first kappa shape index (κ1) is 10.0. The molecule has 0 aliphatic heterocycles. The zero-order chi connectivity index (χ0) is 9.52. The molecule has 3 nitrogen and oxygen atoms in total. The van der Waals surface area contributed by atoms with Crippen molar-refractivity contribution in [2.45, 2.75) is 6.92 Å². The van der Waals surface area contributed by atoms with Crippen LogP contribution in [0.5, 0.6) is 0 Å². The number of hydrogen-bond acceptors (Lipinski definition) is 3. The number of hydrazine groups is 1. The van der Waals surface area contributed by atoms with Crippen molar-refractivity contribution < 1.29 is 5.11 Å². The number of aliphatic hydroxyl groups excluding tert-OH is 1. The van der Waals surface area contributed by atoms with Crippen LogP contribution in [0.2, 0.25) is 0 Å². The molecule has 3 heteroatoms. The number of anilines is 1. The fraction of sp³-hybridized carbons (Fsp3) is 0.400. The van der Waals surface area contributed by atoms with E-state index in [2.05, 4.69) is 5.43 Å². The van der Waals surface area contributed by atoms with Gasteiger partial charge in [0.1, 0.15) is 0 Å². The molecular formula is C10H16N2O. The van der Waals surface area contributed by atoms with Crippen LogP contribution < -0.4 is 5.43 Å². The van der Waals surface area contributed by atoms with Gasteiger partial charge in [-0.15, -0.1) is 0 Å². The maximum absolute atomic E-state index is 8.76. The van der Waals surface area contributed by atoms with E-state index in [1.165, 1.54) is 0 Å². The molecule has 0 spiro atoms. The molecule has 13 heavy (non-hydrogen) atoms. The highest BCUT2D eigenvalue weighted by atomic mass is 16.3. The van der Waals surface area contributed by atoms with E-state index in [-0.39, 0.29) is 6.61 Å². The van der Waals surface area contributed by atoms with Gasteiger partial charge in [-0.2, -0.15) is 0 Å². The molecule has 2 N–H and O–H groups in total. The first-order valence-corrected chi connectivity index (χ1v) is 4.54. The fourth-order valence-corrected chi connectivity index (χ4v) is 1.11. The molecule has 0 bridgehead atoms. The summed E-state index contributed by atoms with van der Waals surface area (Å²) in [5, 5.41) is 10.7. The second-order valence-electron chi connectivity index (χ2n) is 2.78. The molecule has 72 valence electrons. The molecule has 0 unspecified atom stereocenters. The normalized spacial score (nSPS) is 10.4. The molecule has 0 aliphatic rings. The minimum absolute atomic E-state index is 0.174. The molecule has 1 aromatic rings. The molecule has 0 saturated heterocycles. The minimum atomic E-state index is 0.174. The van der Waals surface area contributed by atoms with Gasteiger partial charge in [0, 0.05) is 18.8 Å². The van der Waals surface area contributed by atoms with Crippen molar-refractivity contribution in [1.29, 1.82) is 0 Å². The second kappa shape index (κ2) is 5.56. The van der Waals surface area contributed by atoms with Crippen LogP contribution in [0.25, 0.3) is 0 Å². The molecule has 0 amide bonds. The van der Waals surface area contributed by atoms with E-state index in [0.29, 0.717) is 6.54 Å². The summed E-state index contributed by atoms with van der Waals surface area (Å²) in [4.78, 5) is 0. The summed E-state index contributed by atoms with van der Waals surface area (Å²) in [6.07, 6.45) is 0. The molecule has 1 rings (SSSR count). The highest BCUT2D eigenvalue weighted by Crippen LogP contribution is 2.05. The van der Waals surface area contributed by atoms with E-state index >= 15 is 0 Å². The number of hydrogen-bond donors (Lipinski definition) is 2. The fourth-order valence-electron chi connectivity index (χ4n) is 1.11. The lowest BCUT2D eigenvalue weighted by atomic mass is 10.3. The number of nitrogens with zero attached hydrogens (tertiary/aromatic N) is 1. The van der Waals surface area contributed by atoms with Gasteiger partial charge in [0.15, 0.2) is 0 Å². The van der Waals surface area contributed by atoms with Crippen LogP contribution in [0.1, 0.15) is 6.92 Å². The van der Waals surface area contributed by atoms with Gasteiger partial charge in [-0.25, -0.2) is 5.01 Å². The zero-order valence-corrected chi connectivity index (χ0v) is 7.90. The van der Waals surface area contributed by atoms with E-state index in [0.717, 1.165) is 12.2 Å². The van der Waals surface area contributed by atoms with Crippen molar-refractivity contribution in [2.75, 3.05) is 25.1 Å². The van der Waals surface area contributed by atoms with Crippen LogP contribution in [0.4, 0.5) is 5.69 Å². The highest BCUT2D eigenvalue weighted by Gasteiger charge is 1.99. The third kappa shape index (κ3) is 3.44. The highest BCUT2D eigenvalue weighted by molar-refractivity contribution is 5.41. The Morgan fingerprint density at radius 2 is 2.00 bits per heavy atom. The van der Waals surface area contributed by atoms with E-state index in [1.807, 2.05) is 42.3 Å². The third-order valence-electron chi connectivity index (χ3n) is 1.81. The van der Waals surface area contributed by atoms with Crippen molar-refractivity contribution in [3.63, 3.8) is 0 Å². The summed E-state index contributed by atoms with van der Waals surface area (Å²) in [5.74, 6) is 0. The minimum Gasteiger partial charge on any atom is -0.395 e. The average molecular weight is 180 g/mol.